The van der Waals surface area contributed by atoms with Gasteiger partial charge in [0.05, 0.1) is 16.7 Å². The van der Waals surface area contributed by atoms with Gasteiger partial charge in [0, 0.05) is 44.9 Å². The van der Waals surface area contributed by atoms with Gasteiger partial charge in [0.25, 0.3) is 6.71 Å². The second kappa shape index (κ2) is 22.9. The van der Waals surface area contributed by atoms with Crippen LogP contribution in [0.15, 0.2) is 364 Å². The Balaban J connectivity index is 0.919. The number of para-hydroxylation sites is 2. The zero-order chi connectivity index (χ0) is 62.1. The second-order valence-electron chi connectivity index (χ2n) is 24.7. The van der Waals surface area contributed by atoms with E-state index in [0.29, 0.717) is 0 Å². The monoisotopic (exact) mass is 1190 g/mol. The number of benzene rings is 15. The quantitative estimate of drug-likeness (QED) is 0.120. The molecule has 0 spiro atoms. The summed E-state index contributed by atoms with van der Waals surface area (Å²) in [6.07, 6.45) is 0. The second-order valence-corrected chi connectivity index (χ2v) is 24.7. The Bertz CT molecular complexity index is 5210. The molecular formula is C90H60BN3. The van der Waals surface area contributed by atoms with Crippen LogP contribution in [0.3, 0.4) is 0 Å². The molecule has 438 valence electrons. The molecule has 0 N–H and O–H groups in total. The first-order valence-electron chi connectivity index (χ1n) is 32.5. The van der Waals surface area contributed by atoms with E-state index in [4.69, 9.17) is 0 Å². The van der Waals surface area contributed by atoms with Gasteiger partial charge < -0.3 is 14.4 Å². The van der Waals surface area contributed by atoms with E-state index in [0.717, 1.165) is 62.0 Å². The number of nitrogens with zero attached hydrogens (tertiary/aromatic N) is 3. The van der Waals surface area contributed by atoms with E-state index in [1.165, 1.54) is 105 Å². The predicted molar refractivity (Wildman–Crippen MR) is 398 cm³/mol. The molecule has 0 atom stereocenters. The van der Waals surface area contributed by atoms with Gasteiger partial charge in [-0.1, -0.05) is 291 Å². The van der Waals surface area contributed by atoms with E-state index in [9.17, 15) is 0 Å². The lowest BCUT2D eigenvalue weighted by molar-refractivity contribution is 1.16. The van der Waals surface area contributed by atoms with Crippen LogP contribution < -0.4 is 26.2 Å². The highest BCUT2D eigenvalue weighted by molar-refractivity contribution is 7.00. The molecule has 2 aliphatic heterocycles. The van der Waals surface area contributed by atoms with Gasteiger partial charge in [-0.15, -0.1) is 0 Å². The van der Waals surface area contributed by atoms with Gasteiger partial charge >= 0.3 is 0 Å². The lowest BCUT2D eigenvalue weighted by Crippen LogP contribution is -2.61. The van der Waals surface area contributed by atoms with Crippen LogP contribution in [0.5, 0.6) is 0 Å². The molecule has 4 heteroatoms. The molecule has 0 fully saturated rings. The third-order valence-corrected chi connectivity index (χ3v) is 19.4. The van der Waals surface area contributed by atoms with Crippen molar-refractivity contribution in [2.45, 2.75) is 0 Å². The largest absolute Gasteiger partial charge is 0.311 e. The maximum absolute atomic E-state index is 2.55. The Morgan fingerprint density at radius 3 is 0.862 bits per heavy atom. The van der Waals surface area contributed by atoms with Crippen molar-refractivity contribution in [2.75, 3.05) is 9.80 Å². The number of aromatic nitrogens is 1. The third kappa shape index (κ3) is 9.37. The number of anilines is 6. The van der Waals surface area contributed by atoms with Crippen molar-refractivity contribution in [3.63, 3.8) is 0 Å². The van der Waals surface area contributed by atoms with E-state index >= 15 is 0 Å². The molecule has 3 heterocycles. The van der Waals surface area contributed by atoms with Gasteiger partial charge in [-0.25, -0.2) is 0 Å². The summed E-state index contributed by atoms with van der Waals surface area (Å²) in [5.74, 6) is 0. The maximum Gasteiger partial charge on any atom is 0.252 e. The van der Waals surface area contributed by atoms with Crippen LogP contribution in [0.25, 0.3) is 117 Å². The highest BCUT2D eigenvalue weighted by Crippen LogP contribution is 2.49. The first-order chi connectivity index (χ1) is 46.6. The Hall–Kier alpha value is -12.2. The van der Waals surface area contributed by atoms with E-state index in [2.05, 4.69) is 378 Å². The van der Waals surface area contributed by atoms with Crippen molar-refractivity contribution in [1.29, 1.82) is 0 Å². The van der Waals surface area contributed by atoms with Crippen molar-refractivity contribution < 1.29 is 0 Å². The van der Waals surface area contributed by atoms with Gasteiger partial charge in [0.1, 0.15) is 0 Å². The van der Waals surface area contributed by atoms with Crippen LogP contribution in [-0.2, 0) is 0 Å². The molecule has 0 radical (unpaired) electrons. The number of rotatable bonds is 11. The molecule has 0 amide bonds. The third-order valence-electron chi connectivity index (χ3n) is 19.4. The van der Waals surface area contributed by atoms with Gasteiger partial charge in [0.15, 0.2) is 0 Å². The predicted octanol–water partition coefficient (Wildman–Crippen LogP) is 22.2. The van der Waals surface area contributed by atoms with Crippen LogP contribution >= 0.6 is 0 Å². The summed E-state index contributed by atoms with van der Waals surface area (Å²) >= 11 is 0. The van der Waals surface area contributed by atoms with Crippen LogP contribution in [0.2, 0.25) is 0 Å². The summed E-state index contributed by atoms with van der Waals surface area (Å²) in [6, 6.07) is 135. The van der Waals surface area contributed by atoms with Gasteiger partial charge in [-0.2, -0.15) is 0 Å². The first kappa shape index (κ1) is 54.7. The zero-order valence-electron chi connectivity index (χ0n) is 51.6. The molecular weight excluding hydrogens is 1130 g/mol. The van der Waals surface area contributed by atoms with Crippen LogP contribution in [0.1, 0.15) is 0 Å². The van der Waals surface area contributed by atoms with E-state index in [-0.39, 0.29) is 6.71 Å². The minimum absolute atomic E-state index is 0.210. The summed E-state index contributed by atoms with van der Waals surface area (Å²) in [6.45, 7) is -0.210. The number of hydrogen-bond acceptors (Lipinski definition) is 2. The van der Waals surface area contributed by atoms with Crippen LogP contribution in [0.4, 0.5) is 34.1 Å². The summed E-state index contributed by atoms with van der Waals surface area (Å²) in [5.41, 5.74) is 32.7. The fraction of sp³-hybridized carbons (Fsp3) is 0. The molecule has 3 nitrogen and oxygen atoms in total. The Kier molecular flexibility index (Phi) is 13.3. The van der Waals surface area contributed by atoms with Crippen molar-refractivity contribution >= 4 is 79.0 Å². The van der Waals surface area contributed by atoms with Crippen molar-refractivity contribution in [2.24, 2.45) is 0 Å². The molecule has 2 aliphatic rings. The standard InChI is InChI=1S/C90H60BN3/c1-7-25-61(26-8-1)65-33-23-35-69(53-65)76-41-19-21-43-78(76)71-47-51-84-82(55-71)91-83-56-72(79-44-22-20-42-77(79)70-36-24-34-66(54-70)62-27-9-2-10-28-62)48-52-85(83)93(74-39-17-6-18-40-74)89-60-75(59-88(90(89)91)92(84)73-37-15-5-16-38-73)94-86-57-67(63-29-11-3-12-30-63)45-49-80(86)81-50-46-68(58-87(81)94)64-31-13-4-14-32-64/h1-60H. The number of fused-ring (bicyclic) bond motifs is 7. The molecule has 0 saturated heterocycles. The van der Waals surface area contributed by atoms with Crippen LogP contribution in [-0.4, -0.2) is 11.3 Å². The minimum atomic E-state index is -0.210. The Morgan fingerprint density at radius 1 is 0.191 bits per heavy atom. The van der Waals surface area contributed by atoms with Crippen LogP contribution in [0, 0.1) is 0 Å². The highest BCUT2D eigenvalue weighted by Gasteiger charge is 2.44. The molecule has 0 aliphatic carbocycles. The molecule has 15 aromatic carbocycles. The molecule has 0 saturated carbocycles. The molecule has 0 bridgehead atoms. The van der Waals surface area contributed by atoms with Crippen molar-refractivity contribution in [1.82, 2.24) is 4.57 Å². The lowest BCUT2D eigenvalue weighted by Gasteiger charge is -2.44. The zero-order valence-corrected chi connectivity index (χ0v) is 51.6. The van der Waals surface area contributed by atoms with E-state index < -0.39 is 0 Å². The molecule has 18 rings (SSSR count). The average molecular weight is 1190 g/mol. The fourth-order valence-electron chi connectivity index (χ4n) is 15.0. The summed E-state index contributed by atoms with van der Waals surface area (Å²) in [4.78, 5) is 5.11. The smallest absolute Gasteiger partial charge is 0.252 e. The number of hydrogen-bond donors (Lipinski definition) is 0. The van der Waals surface area contributed by atoms with E-state index in [1.807, 2.05) is 0 Å². The SMILES string of the molecule is c1ccc(-c2cccc(-c3ccccc3-c3ccc4c(c3)B3c5cc(-c6ccccc6-c6cccc(-c7ccccc7)c6)ccc5N(c5ccccc5)c5cc(-n6c7cc(-c8ccccc8)ccc7c7ccc(-c8ccccc8)cc76)cc(c53)N4c3ccccc3)c2)cc1. The fourth-order valence-corrected chi connectivity index (χ4v) is 15.0. The van der Waals surface area contributed by atoms with Gasteiger partial charge in [-0.3, -0.25) is 0 Å². The molecule has 0 unspecified atom stereocenters. The molecule has 94 heavy (non-hydrogen) atoms. The lowest BCUT2D eigenvalue weighted by atomic mass is 9.33. The topological polar surface area (TPSA) is 11.4 Å². The highest BCUT2D eigenvalue weighted by atomic mass is 15.2. The molecule has 1 aromatic heterocycles. The van der Waals surface area contributed by atoms with Crippen molar-refractivity contribution in [3.8, 4) is 94.7 Å². The van der Waals surface area contributed by atoms with Gasteiger partial charge in [0.2, 0.25) is 0 Å². The summed E-state index contributed by atoms with van der Waals surface area (Å²) < 4.78 is 2.55. The molecule has 16 aromatic rings. The van der Waals surface area contributed by atoms with E-state index in [1.54, 1.807) is 0 Å². The summed E-state index contributed by atoms with van der Waals surface area (Å²) in [5, 5.41) is 2.40. The normalized spacial score (nSPS) is 12.2. The van der Waals surface area contributed by atoms with Gasteiger partial charge in [-0.05, 0) is 178 Å². The maximum atomic E-state index is 2.55. The summed E-state index contributed by atoms with van der Waals surface area (Å²) in [7, 11) is 0. The average Bonchev–Trinajstić information content (AvgIpc) is 0.814. The first-order valence-corrected chi connectivity index (χ1v) is 32.5. The minimum Gasteiger partial charge on any atom is -0.311 e. The Morgan fingerprint density at radius 2 is 0.489 bits per heavy atom. The Labute approximate surface area is 548 Å². The van der Waals surface area contributed by atoms with Crippen molar-refractivity contribution in [3.05, 3.63) is 364 Å².